The lowest BCUT2D eigenvalue weighted by atomic mass is 10.4. The molecule has 0 radical (unpaired) electrons. The van der Waals surface area contributed by atoms with Crippen LogP contribution >= 0.6 is 12.6 Å². The molecule has 1 heteroatoms. The van der Waals surface area contributed by atoms with E-state index in [0.717, 1.165) is 4.91 Å². The second-order valence-electron chi connectivity index (χ2n) is 1.38. The standard InChI is InChI=1S/C7H10S/c1-3-4-5-6-7(2)8/h3-6,8H,2H2,1H3/b4-3-,6-5-. The summed E-state index contributed by atoms with van der Waals surface area (Å²) in [6.07, 6.45) is 7.62. The van der Waals surface area contributed by atoms with Crippen molar-refractivity contribution in [2.24, 2.45) is 0 Å². The smallest absolute Gasteiger partial charge is 0.00320 e. The highest BCUT2D eigenvalue weighted by molar-refractivity contribution is 7.84. The van der Waals surface area contributed by atoms with E-state index in [1.807, 2.05) is 31.2 Å². The van der Waals surface area contributed by atoms with Crippen LogP contribution < -0.4 is 0 Å². The molecule has 8 heavy (non-hydrogen) atoms. The molecule has 0 bridgehead atoms. The van der Waals surface area contributed by atoms with E-state index in [4.69, 9.17) is 0 Å². The van der Waals surface area contributed by atoms with Crippen molar-refractivity contribution in [3.8, 4) is 0 Å². The lowest BCUT2D eigenvalue weighted by Gasteiger charge is -1.77. The zero-order chi connectivity index (χ0) is 6.41. The van der Waals surface area contributed by atoms with Crippen molar-refractivity contribution in [2.75, 3.05) is 0 Å². The minimum absolute atomic E-state index is 0.781. The van der Waals surface area contributed by atoms with Gasteiger partial charge in [0.25, 0.3) is 0 Å². The largest absolute Gasteiger partial charge is 0.144 e. The number of allylic oxidation sites excluding steroid dienone is 4. The van der Waals surface area contributed by atoms with E-state index in [-0.39, 0.29) is 0 Å². The third kappa shape index (κ3) is 5.57. The Kier molecular flexibility index (Phi) is 4.47. The minimum atomic E-state index is 0.781. The number of thiol groups is 1. The quantitative estimate of drug-likeness (QED) is 0.426. The first kappa shape index (κ1) is 7.57. The van der Waals surface area contributed by atoms with Crippen LogP contribution in [0.4, 0.5) is 0 Å². The van der Waals surface area contributed by atoms with Crippen molar-refractivity contribution in [3.63, 3.8) is 0 Å². The Balaban J connectivity index is 3.50. The average Bonchev–Trinajstić information content (AvgIpc) is 1.66. The molecule has 44 valence electrons. The van der Waals surface area contributed by atoms with Gasteiger partial charge in [0, 0.05) is 0 Å². The van der Waals surface area contributed by atoms with Gasteiger partial charge < -0.3 is 0 Å². The Bertz CT molecular complexity index is 120. The average molecular weight is 126 g/mol. The van der Waals surface area contributed by atoms with Crippen molar-refractivity contribution in [1.82, 2.24) is 0 Å². The van der Waals surface area contributed by atoms with Crippen LogP contribution in [-0.2, 0) is 0 Å². The molecule has 0 spiro atoms. The normalized spacial score (nSPS) is 11.2. The molecule has 0 amide bonds. The van der Waals surface area contributed by atoms with Crippen LogP contribution in [0.3, 0.4) is 0 Å². The van der Waals surface area contributed by atoms with E-state index in [0.29, 0.717) is 0 Å². The first-order valence-corrected chi connectivity index (χ1v) is 2.89. The van der Waals surface area contributed by atoms with Crippen molar-refractivity contribution >= 4 is 12.6 Å². The highest BCUT2D eigenvalue weighted by atomic mass is 32.1. The van der Waals surface area contributed by atoms with Crippen LogP contribution in [0.15, 0.2) is 35.8 Å². The van der Waals surface area contributed by atoms with E-state index in [2.05, 4.69) is 19.2 Å². The Labute approximate surface area is 56.0 Å². The molecule has 0 aromatic carbocycles. The van der Waals surface area contributed by atoms with Gasteiger partial charge in [-0.3, -0.25) is 0 Å². The molecule has 0 atom stereocenters. The minimum Gasteiger partial charge on any atom is -0.144 e. The van der Waals surface area contributed by atoms with E-state index >= 15 is 0 Å². The first-order chi connectivity index (χ1) is 3.77. The van der Waals surface area contributed by atoms with Crippen molar-refractivity contribution in [3.05, 3.63) is 35.8 Å². The van der Waals surface area contributed by atoms with Gasteiger partial charge in [0.1, 0.15) is 0 Å². The fourth-order valence-corrected chi connectivity index (χ4v) is 0.364. The van der Waals surface area contributed by atoms with Gasteiger partial charge in [0.05, 0.1) is 0 Å². The Morgan fingerprint density at radius 1 is 1.50 bits per heavy atom. The summed E-state index contributed by atoms with van der Waals surface area (Å²) < 4.78 is 0. The van der Waals surface area contributed by atoms with Crippen LogP contribution in [0.25, 0.3) is 0 Å². The van der Waals surface area contributed by atoms with E-state index in [9.17, 15) is 0 Å². The van der Waals surface area contributed by atoms with Gasteiger partial charge in [0.15, 0.2) is 0 Å². The second-order valence-corrected chi connectivity index (χ2v) is 1.95. The summed E-state index contributed by atoms with van der Waals surface area (Å²) in [6, 6.07) is 0. The summed E-state index contributed by atoms with van der Waals surface area (Å²) in [5.74, 6) is 0. The van der Waals surface area contributed by atoms with Gasteiger partial charge in [0.2, 0.25) is 0 Å². The summed E-state index contributed by atoms with van der Waals surface area (Å²) in [7, 11) is 0. The maximum Gasteiger partial charge on any atom is -0.00320 e. The van der Waals surface area contributed by atoms with E-state index in [1.165, 1.54) is 0 Å². The van der Waals surface area contributed by atoms with Crippen LogP contribution in [0, 0.1) is 0 Å². The molecule has 0 saturated heterocycles. The molecule has 0 unspecified atom stereocenters. The van der Waals surface area contributed by atoms with E-state index < -0.39 is 0 Å². The molecular formula is C7H10S. The summed E-state index contributed by atoms with van der Waals surface area (Å²) in [6.45, 7) is 5.53. The van der Waals surface area contributed by atoms with Gasteiger partial charge in [-0.25, -0.2) is 0 Å². The van der Waals surface area contributed by atoms with Gasteiger partial charge in [-0.2, -0.15) is 0 Å². The van der Waals surface area contributed by atoms with Crippen LogP contribution in [0.2, 0.25) is 0 Å². The van der Waals surface area contributed by atoms with Gasteiger partial charge in [-0.1, -0.05) is 24.8 Å². The molecule has 0 fully saturated rings. The van der Waals surface area contributed by atoms with Gasteiger partial charge in [-0.15, -0.1) is 12.6 Å². The predicted octanol–water partition coefficient (Wildman–Crippen LogP) is 2.56. The van der Waals surface area contributed by atoms with Crippen molar-refractivity contribution in [1.29, 1.82) is 0 Å². The maximum atomic E-state index is 3.96. The number of rotatable bonds is 2. The zero-order valence-electron chi connectivity index (χ0n) is 4.96. The molecule has 0 aliphatic heterocycles. The van der Waals surface area contributed by atoms with Crippen molar-refractivity contribution < 1.29 is 0 Å². The van der Waals surface area contributed by atoms with Crippen LogP contribution in [0.1, 0.15) is 6.92 Å². The third-order valence-corrected chi connectivity index (χ3v) is 0.741. The molecule has 0 aliphatic rings. The summed E-state index contributed by atoms with van der Waals surface area (Å²) in [5.41, 5.74) is 0. The number of hydrogen-bond donors (Lipinski definition) is 1. The lowest BCUT2D eigenvalue weighted by Crippen LogP contribution is -1.52. The highest BCUT2D eigenvalue weighted by Crippen LogP contribution is 1.95. The first-order valence-electron chi connectivity index (χ1n) is 2.44. The fraction of sp³-hybridized carbons (Fsp3) is 0.143. The lowest BCUT2D eigenvalue weighted by molar-refractivity contribution is 1.73. The predicted molar refractivity (Wildman–Crippen MR) is 42.1 cm³/mol. The molecule has 0 nitrogen and oxygen atoms in total. The van der Waals surface area contributed by atoms with Crippen LogP contribution in [0.5, 0.6) is 0 Å². The Morgan fingerprint density at radius 2 is 2.12 bits per heavy atom. The third-order valence-electron chi connectivity index (χ3n) is 0.592. The summed E-state index contributed by atoms with van der Waals surface area (Å²) >= 11 is 3.96. The molecule has 0 rings (SSSR count). The molecule has 0 heterocycles. The Hall–Kier alpha value is -0.430. The SMILES string of the molecule is C=C(S)/C=C\C=C/C. The van der Waals surface area contributed by atoms with E-state index in [1.54, 1.807) is 0 Å². The zero-order valence-corrected chi connectivity index (χ0v) is 5.86. The monoisotopic (exact) mass is 126 g/mol. The summed E-state index contributed by atoms with van der Waals surface area (Å²) in [5, 5.41) is 0. The topological polar surface area (TPSA) is 0 Å². The second kappa shape index (κ2) is 4.72. The highest BCUT2D eigenvalue weighted by Gasteiger charge is 1.67. The maximum absolute atomic E-state index is 3.96. The van der Waals surface area contributed by atoms with Crippen LogP contribution in [-0.4, -0.2) is 0 Å². The molecule has 0 aliphatic carbocycles. The fourth-order valence-electron chi connectivity index (χ4n) is 0.278. The molecule has 0 aromatic heterocycles. The van der Waals surface area contributed by atoms with Crippen molar-refractivity contribution in [2.45, 2.75) is 6.92 Å². The molecular weight excluding hydrogens is 116 g/mol. The molecule has 0 saturated carbocycles. The van der Waals surface area contributed by atoms with Gasteiger partial charge in [-0.05, 0) is 17.9 Å². The van der Waals surface area contributed by atoms with Gasteiger partial charge >= 0.3 is 0 Å². The molecule has 0 N–H and O–H groups in total. The summed E-state index contributed by atoms with van der Waals surface area (Å²) in [4.78, 5) is 0.781. The molecule has 0 aromatic rings. The Morgan fingerprint density at radius 3 is 2.50 bits per heavy atom. The number of hydrogen-bond acceptors (Lipinski definition) is 1.